The number of hydrogen-bond acceptors (Lipinski definition) is 2. The Kier molecular flexibility index (Phi) is 3.15. The van der Waals surface area contributed by atoms with Crippen LogP contribution in [0.15, 0.2) is 0 Å². The number of rotatable bonds is 0. The molecule has 3 heteroatoms. The summed E-state index contributed by atoms with van der Waals surface area (Å²) in [7, 11) is 0. The normalized spacial score (nSPS) is 24.5. The molecule has 0 N–H and O–H groups in total. The van der Waals surface area contributed by atoms with E-state index in [9.17, 15) is 4.79 Å². The molecule has 0 aliphatic carbocycles. The first-order valence-electron chi connectivity index (χ1n) is 5.54. The van der Waals surface area contributed by atoms with Crippen molar-refractivity contribution in [1.29, 1.82) is 0 Å². The van der Waals surface area contributed by atoms with Crippen molar-refractivity contribution in [2.75, 3.05) is 13.2 Å². The lowest BCUT2D eigenvalue weighted by Gasteiger charge is -2.49. The third kappa shape index (κ3) is 2.71. The summed E-state index contributed by atoms with van der Waals surface area (Å²) in [5.41, 5.74) is -0.0673. The summed E-state index contributed by atoms with van der Waals surface area (Å²) in [4.78, 5) is 13.9. The molecule has 0 spiro atoms. The van der Waals surface area contributed by atoms with Gasteiger partial charge in [-0.2, -0.15) is 0 Å². The van der Waals surface area contributed by atoms with Gasteiger partial charge in [-0.25, -0.2) is 0 Å². The van der Waals surface area contributed by atoms with E-state index >= 15 is 0 Å². The Bertz CT molecular complexity index is 247. The maximum atomic E-state index is 11.9. The molecule has 88 valence electrons. The van der Waals surface area contributed by atoms with Crippen LogP contribution >= 0.6 is 0 Å². The van der Waals surface area contributed by atoms with E-state index in [-0.39, 0.29) is 29.5 Å². The van der Waals surface area contributed by atoms with Gasteiger partial charge in [0.1, 0.15) is 6.61 Å². The van der Waals surface area contributed by atoms with Crippen LogP contribution in [-0.4, -0.2) is 35.6 Å². The molecule has 1 fully saturated rings. The zero-order valence-electron chi connectivity index (χ0n) is 10.8. The quantitative estimate of drug-likeness (QED) is 0.616. The molecule has 1 heterocycles. The van der Waals surface area contributed by atoms with Gasteiger partial charge in [-0.15, -0.1) is 0 Å². The van der Waals surface area contributed by atoms with Crippen molar-refractivity contribution >= 4 is 5.91 Å². The van der Waals surface area contributed by atoms with Crippen LogP contribution in [-0.2, 0) is 9.53 Å². The van der Waals surface area contributed by atoms with Crippen molar-refractivity contribution in [1.82, 2.24) is 4.90 Å². The molecule has 0 aromatic rings. The lowest BCUT2D eigenvalue weighted by Crippen LogP contribution is -2.61. The molecule has 1 rings (SSSR count). The molecule has 0 radical (unpaired) electrons. The van der Waals surface area contributed by atoms with Gasteiger partial charge in [0.2, 0.25) is 5.91 Å². The van der Waals surface area contributed by atoms with E-state index in [0.717, 1.165) is 0 Å². The molecule has 1 amide bonds. The van der Waals surface area contributed by atoms with Crippen molar-refractivity contribution in [3.63, 3.8) is 0 Å². The summed E-state index contributed by atoms with van der Waals surface area (Å²) in [5.74, 6) is 0.105. The van der Waals surface area contributed by atoms with Gasteiger partial charge in [-0.1, -0.05) is 20.8 Å². The highest BCUT2D eigenvalue weighted by atomic mass is 16.5. The van der Waals surface area contributed by atoms with E-state index in [2.05, 4.69) is 41.5 Å². The minimum absolute atomic E-state index is 0.0589. The number of amides is 1. The second-order valence-corrected chi connectivity index (χ2v) is 6.33. The Morgan fingerprint density at radius 1 is 1.20 bits per heavy atom. The molecular formula is C12H23NO2. The number of hydrogen-bond donors (Lipinski definition) is 0. The Hall–Kier alpha value is -0.570. The van der Waals surface area contributed by atoms with Crippen molar-refractivity contribution in [3.8, 4) is 0 Å². The Labute approximate surface area is 92.8 Å². The van der Waals surface area contributed by atoms with Gasteiger partial charge < -0.3 is 9.64 Å². The number of morpholine rings is 1. The average molecular weight is 213 g/mol. The van der Waals surface area contributed by atoms with Crippen LogP contribution < -0.4 is 0 Å². The van der Waals surface area contributed by atoms with Crippen LogP contribution in [0.4, 0.5) is 0 Å². The maximum Gasteiger partial charge on any atom is 0.249 e. The lowest BCUT2D eigenvalue weighted by atomic mass is 9.83. The number of carbonyl (C=O) groups excluding carboxylic acids is 1. The molecule has 0 saturated carbocycles. The summed E-state index contributed by atoms with van der Waals surface area (Å²) >= 11 is 0. The van der Waals surface area contributed by atoms with Gasteiger partial charge in [-0.05, 0) is 26.2 Å². The standard InChI is InChI=1S/C12H23NO2/c1-11(2,3)9-7-15-8-10(14)13(9)12(4,5)6/h9H,7-8H2,1-6H3. The summed E-state index contributed by atoms with van der Waals surface area (Å²) in [6.07, 6.45) is 0. The van der Waals surface area contributed by atoms with E-state index in [1.54, 1.807) is 0 Å². The predicted octanol–water partition coefficient (Wildman–Crippen LogP) is 2.06. The van der Waals surface area contributed by atoms with Crippen LogP contribution in [0.2, 0.25) is 0 Å². The molecule has 15 heavy (non-hydrogen) atoms. The monoisotopic (exact) mass is 213 g/mol. The van der Waals surface area contributed by atoms with E-state index in [1.807, 2.05) is 4.90 Å². The molecule has 0 aromatic heterocycles. The molecular weight excluding hydrogens is 190 g/mol. The molecule has 1 saturated heterocycles. The minimum Gasteiger partial charge on any atom is -0.369 e. The summed E-state index contributed by atoms with van der Waals surface area (Å²) in [5, 5.41) is 0. The van der Waals surface area contributed by atoms with Crippen LogP contribution in [0.25, 0.3) is 0 Å². The van der Waals surface area contributed by atoms with Crippen LogP contribution in [0.1, 0.15) is 41.5 Å². The van der Waals surface area contributed by atoms with Crippen molar-refractivity contribution in [3.05, 3.63) is 0 Å². The van der Waals surface area contributed by atoms with Crippen molar-refractivity contribution in [2.45, 2.75) is 53.1 Å². The van der Waals surface area contributed by atoms with Crippen LogP contribution in [0, 0.1) is 5.41 Å². The fraction of sp³-hybridized carbons (Fsp3) is 0.917. The Morgan fingerprint density at radius 3 is 2.07 bits per heavy atom. The molecule has 3 nitrogen and oxygen atoms in total. The van der Waals surface area contributed by atoms with E-state index in [1.165, 1.54) is 0 Å². The molecule has 1 aliphatic rings. The van der Waals surface area contributed by atoms with Crippen molar-refractivity contribution in [2.24, 2.45) is 5.41 Å². The minimum atomic E-state index is -0.126. The topological polar surface area (TPSA) is 29.5 Å². The van der Waals surface area contributed by atoms with Gasteiger partial charge in [0.25, 0.3) is 0 Å². The predicted molar refractivity (Wildman–Crippen MR) is 60.7 cm³/mol. The van der Waals surface area contributed by atoms with Gasteiger partial charge in [-0.3, -0.25) is 4.79 Å². The summed E-state index contributed by atoms with van der Waals surface area (Å²) < 4.78 is 5.36. The smallest absolute Gasteiger partial charge is 0.249 e. The zero-order chi connectivity index (χ0) is 11.9. The van der Waals surface area contributed by atoms with Crippen molar-refractivity contribution < 1.29 is 9.53 Å². The lowest BCUT2D eigenvalue weighted by molar-refractivity contribution is -0.162. The largest absolute Gasteiger partial charge is 0.369 e. The zero-order valence-corrected chi connectivity index (χ0v) is 10.8. The van der Waals surface area contributed by atoms with Gasteiger partial charge in [0, 0.05) is 5.54 Å². The Balaban J connectivity index is 2.98. The highest BCUT2D eigenvalue weighted by Crippen LogP contribution is 2.32. The first kappa shape index (κ1) is 12.5. The third-order valence-corrected chi connectivity index (χ3v) is 2.80. The number of ether oxygens (including phenoxy) is 1. The highest BCUT2D eigenvalue weighted by molar-refractivity contribution is 5.79. The molecule has 1 unspecified atom stereocenters. The first-order chi connectivity index (χ1) is 6.64. The number of carbonyl (C=O) groups is 1. The summed E-state index contributed by atoms with van der Waals surface area (Å²) in [6, 6.07) is 0.166. The molecule has 0 aromatic carbocycles. The SMILES string of the molecule is CC(C)(C)C1COCC(=O)N1C(C)(C)C. The van der Waals surface area contributed by atoms with E-state index in [0.29, 0.717) is 6.61 Å². The van der Waals surface area contributed by atoms with E-state index in [4.69, 9.17) is 4.74 Å². The van der Waals surface area contributed by atoms with E-state index < -0.39 is 0 Å². The van der Waals surface area contributed by atoms with Gasteiger partial charge >= 0.3 is 0 Å². The third-order valence-electron chi connectivity index (χ3n) is 2.80. The maximum absolute atomic E-state index is 11.9. The van der Waals surface area contributed by atoms with Crippen LogP contribution in [0.3, 0.4) is 0 Å². The first-order valence-corrected chi connectivity index (χ1v) is 5.54. The molecule has 0 bridgehead atoms. The van der Waals surface area contributed by atoms with Gasteiger partial charge in [0.05, 0.1) is 12.6 Å². The second-order valence-electron chi connectivity index (χ2n) is 6.33. The fourth-order valence-corrected chi connectivity index (χ4v) is 2.05. The second kappa shape index (κ2) is 3.78. The molecule has 1 aliphatic heterocycles. The Morgan fingerprint density at radius 2 is 1.73 bits per heavy atom. The highest BCUT2D eigenvalue weighted by Gasteiger charge is 2.41. The number of nitrogens with zero attached hydrogens (tertiary/aromatic N) is 1. The van der Waals surface area contributed by atoms with Crippen LogP contribution in [0.5, 0.6) is 0 Å². The fourth-order valence-electron chi connectivity index (χ4n) is 2.05. The van der Waals surface area contributed by atoms with Gasteiger partial charge in [0.15, 0.2) is 0 Å². The average Bonchev–Trinajstić information content (AvgIpc) is 1.99. The summed E-state index contributed by atoms with van der Waals surface area (Å²) in [6.45, 7) is 13.6. The molecule has 1 atom stereocenters.